The van der Waals surface area contributed by atoms with E-state index in [0.717, 1.165) is 18.0 Å². The predicted molar refractivity (Wildman–Crippen MR) is 55.7 cm³/mol. The van der Waals surface area contributed by atoms with E-state index in [1.54, 1.807) is 0 Å². The van der Waals surface area contributed by atoms with Crippen molar-refractivity contribution in [2.45, 2.75) is 24.8 Å². The van der Waals surface area contributed by atoms with Crippen molar-refractivity contribution in [2.75, 3.05) is 6.54 Å². The Kier molecular flexibility index (Phi) is 4.19. The summed E-state index contributed by atoms with van der Waals surface area (Å²) in [5, 5.41) is 3.35. The van der Waals surface area contributed by atoms with Crippen LogP contribution in [0.25, 0.3) is 0 Å². The molecule has 66 valence electrons. The quantitative estimate of drug-likeness (QED) is 0.537. The standard InChI is InChI=1S/C10H15NS/c1-2-7-11-8-9-3-5-10(12)6-4-9/h3-6,11-12H,2,7-8H2,1H3. The lowest BCUT2D eigenvalue weighted by molar-refractivity contribution is 0.675. The van der Waals surface area contributed by atoms with Crippen LogP contribution in [0.2, 0.25) is 0 Å². The van der Waals surface area contributed by atoms with Gasteiger partial charge < -0.3 is 5.32 Å². The third-order valence-corrected chi connectivity index (χ3v) is 1.99. The zero-order chi connectivity index (χ0) is 8.81. The summed E-state index contributed by atoms with van der Waals surface area (Å²) in [5.74, 6) is 0. The molecule has 0 bridgehead atoms. The van der Waals surface area contributed by atoms with Gasteiger partial charge in [-0.1, -0.05) is 19.1 Å². The lowest BCUT2D eigenvalue weighted by atomic mass is 10.2. The first-order valence-electron chi connectivity index (χ1n) is 4.31. The first kappa shape index (κ1) is 9.62. The van der Waals surface area contributed by atoms with Gasteiger partial charge in [-0.15, -0.1) is 12.6 Å². The topological polar surface area (TPSA) is 12.0 Å². The average molecular weight is 181 g/mol. The SMILES string of the molecule is CCCNCc1ccc(S)cc1. The van der Waals surface area contributed by atoms with E-state index in [9.17, 15) is 0 Å². The van der Waals surface area contributed by atoms with Crippen LogP contribution in [0.3, 0.4) is 0 Å². The molecule has 1 rings (SSSR count). The number of rotatable bonds is 4. The normalized spacial score (nSPS) is 10.2. The van der Waals surface area contributed by atoms with Gasteiger partial charge in [0.1, 0.15) is 0 Å². The van der Waals surface area contributed by atoms with E-state index < -0.39 is 0 Å². The number of hydrogen-bond donors (Lipinski definition) is 2. The molecule has 12 heavy (non-hydrogen) atoms. The summed E-state index contributed by atoms with van der Waals surface area (Å²) in [5.41, 5.74) is 1.32. The van der Waals surface area contributed by atoms with E-state index in [1.165, 1.54) is 12.0 Å². The largest absolute Gasteiger partial charge is 0.313 e. The Morgan fingerprint density at radius 1 is 1.25 bits per heavy atom. The maximum absolute atomic E-state index is 4.22. The maximum Gasteiger partial charge on any atom is 0.0205 e. The highest BCUT2D eigenvalue weighted by Crippen LogP contribution is 2.07. The molecule has 0 spiro atoms. The minimum atomic E-state index is 0.960. The van der Waals surface area contributed by atoms with E-state index >= 15 is 0 Å². The fraction of sp³-hybridized carbons (Fsp3) is 0.400. The van der Waals surface area contributed by atoms with Crippen molar-refractivity contribution in [3.8, 4) is 0 Å². The molecule has 0 aliphatic rings. The van der Waals surface area contributed by atoms with Crippen LogP contribution in [0, 0.1) is 0 Å². The molecular weight excluding hydrogens is 166 g/mol. The molecule has 0 atom stereocenters. The number of hydrogen-bond acceptors (Lipinski definition) is 2. The van der Waals surface area contributed by atoms with E-state index in [-0.39, 0.29) is 0 Å². The summed E-state index contributed by atoms with van der Waals surface area (Å²) in [6, 6.07) is 8.24. The summed E-state index contributed by atoms with van der Waals surface area (Å²) in [7, 11) is 0. The molecule has 1 aromatic carbocycles. The molecule has 0 radical (unpaired) electrons. The van der Waals surface area contributed by atoms with Gasteiger partial charge in [-0.05, 0) is 30.7 Å². The molecule has 0 saturated heterocycles. The summed E-state index contributed by atoms with van der Waals surface area (Å²) >= 11 is 4.22. The Hall–Kier alpha value is -0.470. The Labute approximate surface area is 79.6 Å². The fourth-order valence-electron chi connectivity index (χ4n) is 1.02. The molecular formula is C10H15NS. The Bertz CT molecular complexity index is 218. The molecule has 0 amide bonds. The minimum Gasteiger partial charge on any atom is -0.313 e. The van der Waals surface area contributed by atoms with E-state index in [4.69, 9.17) is 0 Å². The molecule has 1 aromatic rings. The van der Waals surface area contributed by atoms with Crippen LogP contribution in [-0.4, -0.2) is 6.54 Å². The number of thiol groups is 1. The molecule has 2 heteroatoms. The Morgan fingerprint density at radius 2 is 1.92 bits per heavy atom. The van der Waals surface area contributed by atoms with Crippen molar-refractivity contribution >= 4 is 12.6 Å². The highest BCUT2D eigenvalue weighted by Gasteiger charge is 1.90. The molecule has 0 fully saturated rings. The zero-order valence-electron chi connectivity index (χ0n) is 7.38. The average Bonchev–Trinajstić information content (AvgIpc) is 2.09. The number of benzene rings is 1. The summed E-state index contributed by atoms with van der Waals surface area (Å²) < 4.78 is 0. The molecule has 0 aliphatic heterocycles. The highest BCUT2D eigenvalue weighted by molar-refractivity contribution is 7.80. The van der Waals surface area contributed by atoms with Gasteiger partial charge in [0.25, 0.3) is 0 Å². The van der Waals surface area contributed by atoms with Crippen LogP contribution >= 0.6 is 12.6 Å². The Morgan fingerprint density at radius 3 is 2.50 bits per heavy atom. The van der Waals surface area contributed by atoms with Crippen LogP contribution in [0.15, 0.2) is 29.2 Å². The van der Waals surface area contributed by atoms with Crippen molar-refractivity contribution in [3.05, 3.63) is 29.8 Å². The first-order chi connectivity index (χ1) is 5.83. The minimum absolute atomic E-state index is 0.960. The molecule has 0 unspecified atom stereocenters. The number of nitrogens with one attached hydrogen (secondary N) is 1. The van der Waals surface area contributed by atoms with E-state index in [0.29, 0.717) is 0 Å². The van der Waals surface area contributed by atoms with Crippen LogP contribution in [0.4, 0.5) is 0 Å². The van der Waals surface area contributed by atoms with Crippen LogP contribution < -0.4 is 5.32 Å². The van der Waals surface area contributed by atoms with Gasteiger partial charge in [0.2, 0.25) is 0 Å². The van der Waals surface area contributed by atoms with Crippen molar-refractivity contribution in [3.63, 3.8) is 0 Å². The van der Waals surface area contributed by atoms with Gasteiger partial charge in [-0.25, -0.2) is 0 Å². The van der Waals surface area contributed by atoms with E-state index in [2.05, 4.69) is 37.0 Å². The molecule has 0 saturated carbocycles. The highest BCUT2D eigenvalue weighted by atomic mass is 32.1. The molecule has 0 heterocycles. The monoisotopic (exact) mass is 181 g/mol. The zero-order valence-corrected chi connectivity index (χ0v) is 8.27. The smallest absolute Gasteiger partial charge is 0.0205 e. The van der Waals surface area contributed by atoms with Crippen LogP contribution in [-0.2, 0) is 6.54 Å². The Balaban J connectivity index is 2.37. The summed E-state index contributed by atoms with van der Waals surface area (Å²) in [4.78, 5) is 1.02. The van der Waals surface area contributed by atoms with Gasteiger partial charge in [-0.3, -0.25) is 0 Å². The second-order valence-corrected chi connectivity index (χ2v) is 3.36. The fourth-order valence-corrected chi connectivity index (χ4v) is 1.17. The van der Waals surface area contributed by atoms with Gasteiger partial charge in [-0.2, -0.15) is 0 Å². The first-order valence-corrected chi connectivity index (χ1v) is 4.76. The molecule has 1 nitrogen and oxygen atoms in total. The van der Waals surface area contributed by atoms with Crippen LogP contribution in [0.1, 0.15) is 18.9 Å². The third-order valence-electron chi connectivity index (χ3n) is 1.69. The second kappa shape index (κ2) is 5.22. The lowest BCUT2D eigenvalue weighted by Gasteiger charge is -2.02. The van der Waals surface area contributed by atoms with Crippen molar-refractivity contribution in [1.82, 2.24) is 5.32 Å². The second-order valence-electron chi connectivity index (χ2n) is 2.84. The van der Waals surface area contributed by atoms with E-state index in [1.807, 2.05) is 12.1 Å². The van der Waals surface area contributed by atoms with Gasteiger partial charge in [0, 0.05) is 11.4 Å². The van der Waals surface area contributed by atoms with Gasteiger partial charge in [0.15, 0.2) is 0 Å². The van der Waals surface area contributed by atoms with Crippen LogP contribution in [0.5, 0.6) is 0 Å². The van der Waals surface area contributed by atoms with Crippen molar-refractivity contribution in [2.24, 2.45) is 0 Å². The lowest BCUT2D eigenvalue weighted by Crippen LogP contribution is -2.13. The third kappa shape index (κ3) is 3.28. The molecule has 0 aromatic heterocycles. The predicted octanol–water partition coefficient (Wildman–Crippen LogP) is 2.47. The van der Waals surface area contributed by atoms with Gasteiger partial charge >= 0.3 is 0 Å². The van der Waals surface area contributed by atoms with Crippen molar-refractivity contribution in [1.29, 1.82) is 0 Å². The molecule has 1 N–H and O–H groups in total. The van der Waals surface area contributed by atoms with Crippen molar-refractivity contribution < 1.29 is 0 Å². The maximum atomic E-state index is 4.22. The summed E-state index contributed by atoms with van der Waals surface area (Å²) in [6.07, 6.45) is 1.19. The summed E-state index contributed by atoms with van der Waals surface area (Å²) in [6.45, 7) is 4.22. The van der Waals surface area contributed by atoms with Gasteiger partial charge in [0.05, 0.1) is 0 Å². The molecule has 0 aliphatic carbocycles.